The Morgan fingerprint density at radius 2 is 2.21 bits per heavy atom. The summed E-state index contributed by atoms with van der Waals surface area (Å²) in [6.07, 6.45) is 4.91. The van der Waals surface area contributed by atoms with Crippen LogP contribution in [0.25, 0.3) is 11.0 Å². The predicted molar refractivity (Wildman–Crippen MR) is 81.5 cm³/mol. The lowest BCUT2D eigenvalue weighted by atomic mass is 10.2. The second-order valence-corrected chi connectivity index (χ2v) is 6.12. The van der Waals surface area contributed by atoms with Crippen molar-refractivity contribution in [1.29, 1.82) is 0 Å². The van der Waals surface area contributed by atoms with Crippen LogP contribution in [-0.4, -0.2) is 48.1 Å². The minimum absolute atomic E-state index is 0.624. The normalized spacial score (nSPS) is 19.6. The van der Waals surface area contributed by atoms with Gasteiger partial charge in [-0.3, -0.25) is 9.97 Å². The lowest BCUT2D eigenvalue weighted by Crippen LogP contribution is -2.31. The predicted octanol–water partition coefficient (Wildman–Crippen LogP) is 2.53. The number of pyridine rings is 2. The quantitative estimate of drug-likeness (QED) is 0.851. The Labute approximate surface area is 121 Å². The number of hydrogen-bond acceptors (Lipinski definition) is 4. The summed E-state index contributed by atoms with van der Waals surface area (Å²) >= 11 is 3.45. The van der Waals surface area contributed by atoms with Gasteiger partial charge >= 0.3 is 0 Å². The maximum atomic E-state index is 4.53. The highest BCUT2D eigenvalue weighted by molar-refractivity contribution is 9.10. The average molecular weight is 321 g/mol. The highest BCUT2D eigenvalue weighted by atomic mass is 79.9. The van der Waals surface area contributed by atoms with Crippen molar-refractivity contribution >= 4 is 32.7 Å². The van der Waals surface area contributed by atoms with E-state index in [0.29, 0.717) is 6.04 Å². The topological polar surface area (TPSA) is 32.3 Å². The minimum Gasteiger partial charge on any atom is -0.368 e. The van der Waals surface area contributed by atoms with E-state index in [9.17, 15) is 0 Å². The second kappa shape index (κ2) is 5.06. The smallest absolute Gasteiger partial charge is 0.112 e. The number of likely N-dealkylation sites (N-methyl/N-ethyl adjacent to an activating group) is 1. The SMILES string of the molecule is CN(C)C1CCN(c2ccnc3cc(Br)cnc23)C1. The maximum Gasteiger partial charge on any atom is 0.112 e. The number of aromatic nitrogens is 2. The molecule has 3 rings (SSSR count). The van der Waals surface area contributed by atoms with Gasteiger partial charge in [-0.15, -0.1) is 0 Å². The molecule has 2 aromatic rings. The van der Waals surface area contributed by atoms with Crippen molar-refractivity contribution < 1.29 is 0 Å². The van der Waals surface area contributed by atoms with Crippen LogP contribution in [0.15, 0.2) is 29.0 Å². The molecule has 2 aromatic heterocycles. The Morgan fingerprint density at radius 1 is 1.37 bits per heavy atom. The Morgan fingerprint density at radius 3 is 2.95 bits per heavy atom. The zero-order valence-corrected chi connectivity index (χ0v) is 12.8. The first-order chi connectivity index (χ1) is 9.15. The molecule has 100 valence electrons. The summed E-state index contributed by atoms with van der Waals surface area (Å²) in [5.41, 5.74) is 3.13. The van der Waals surface area contributed by atoms with Gasteiger partial charge in [-0.25, -0.2) is 0 Å². The van der Waals surface area contributed by atoms with Crippen LogP contribution in [0.5, 0.6) is 0 Å². The van der Waals surface area contributed by atoms with Crippen LogP contribution in [0, 0.1) is 0 Å². The zero-order valence-electron chi connectivity index (χ0n) is 11.2. The molecule has 1 fully saturated rings. The summed E-state index contributed by atoms with van der Waals surface area (Å²) in [5.74, 6) is 0. The van der Waals surface area contributed by atoms with Gasteiger partial charge in [0.2, 0.25) is 0 Å². The van der Waals surface area contributed by atoms with Crippen LogP contribution in [0.4, 0.5) is 5.69 Å². The van der Waals surface area contributed by atoms with Crippen molar-refractivity contribution in [3.8, 4) is 0 Å². The van der Waals surface area contributed by atoms with Crippen molar-refractivity contribution in [2.45, 2.75) is 12.5 Å². The zero-order chi connectivity index (χ0) is 13.4. The van der Waals surface area contributed by atoms with Gasteiger partial charge < -0.3 is 9.80 Å². The summed E-state index contributed by atoms with van der Waals surface area (Å²) in [5, 5.41) is 0. The van der Waals surface area contributed by atoms with Crippen molar-refractivity contribution in [2.24, 2.45) is 0 Å². The fourth-order valence-corrected chi connectivity index (χ4v) is 2.95. The highest BCUT2D eigenvalue weighted by Gasteiger charge is 2.25. The number of rotatable bonds is 2. The summed E-state index contributed by atoms with van der Waals surface area (Å²) in [7, 11) is 4.29. The van der Waals surface area contributed by atoms with Gasteiger partial charge in [-0.05, 0) is 48.6 Å². The van der Waals surface area contributed by atoms with E-state index in [-0.39, 0.29) is 0 Å². The van der Waals surface area contributed by atoms with Crippen LogP contribution in [0.3, 0.4) is 0 Å². The molecule has 0 aliphatic carbocycles. The molecule has 5 heteroatoms. The number of anilines is 1. The van der Waals surface area contributed by atoms with Gasteiger partial charge in [0.15, 0.2) is 0 Å². The van der Waals surface area contributed by atoms with E-state index in [1.807, 2.05) is 18.5 Å². The molecule has 19 heavy (non-hydrogen) atoms. The van der Waals surface area contributed by atoms with Gasteiger partial charge in [-0.1, -0.05) is 0 Å². The molecule has 1 saturated heterocycles. The third-order valence-corrected chi connectivity index (χ3v) is 4.19. The monoisotopic (exact) mass is 320 g/mol. The maximum absolute atomic E-state index is 4.53. The van der Waals surface area contributed by atoms with Crippen molar-refractivity contribution in [2.75, 3.05) is 32.1 Å². The molecule has 1 atom stereocenters. The van der Waals surface area contributed by atoms with Crippen molar-refractivity contribution in [1.82, 2.24) is 14.9 Å². The molecule has 0 saturated carbocycles. The summed E-state index contributed by atoms with van der Waals surface area (Å²) in [6.45, 7) is 2.14. The molecule has 1 unspecified atom stereocenters. The number of hydrogen-bond donors (Lipinski definition) is 0. The molecule has 0 N–H and O–H groups in total. The average Bonchev–Trinajstić information content (AvgIpc) is 2.87. The third-order valence-electron chi connectivity index (χ3n) is 3.76. The Balaban J connectivity index is 1.97. The van der Waals surface area contributed by atoms with Crippen molar-refractivity contribution in [3.05, 3.63) is 29.0 Å². The molecule has 1 aliphatic heterocycles. The number of nitrogens with zero attached hydrogens (tertiary/aromatic N) is 4. The number of halogens is 1. The second-order valence-electron chi connectivity index (χ2n) is 5.20. The van der Waals surface area contributed by atoms with E-state index < -0.39 is 0 Å². The van der Waals surface area contributed by atoms with E-state index in [1.165, 1.54) is 12.1 Å². The third kappa shape index (κ3) is 2.44. The first-order valence-electron chi connectivity index (χ1n) is 6.47. The van der Waals surface area contributed by atoms with Gasteiger partial charge in [0.25, 0.3) is 0 Å². The van der Waals surface area contributed by atoms with Gasteiger partial charge in [0, 0.05) is 36.0 Å². The highest BCUT2D eigenvalue weighted by Crippen LogP contribution is 2.28. The molecule has 0 radical (unpaired) electrons. The first-order valence-corrected chi connectivity index (χ1v) is 7.26. The standard InChI is InChI=1S/C14H17BrN4/c1-18(2)11-4-6-19(9-11)13-3-5-16-12-7-10(15)8-17-14(12)13/h3,5,7-8,11H,4,6,9H2,1-2H3. The van der Waals surface area contributed by atoms with Crippen molar-refractivity contribution in [3.63, 3.8) is 0 Å². The first kappa shape index (κ1) is 12.8. The van der Waals surface area contributed by atoms with E-state index in [1.54, 1.807) is 0 Å². The molecular weight excluding hydrogens is 304 g/mol. The van der Waals surface area contributed by atoms with Crippen LogP contribution < -0.4 is 4.90 Å². The van der Waals surface area contributed by atoms with E-state index in [2.05, 4.69) is 55.9 Å². The molecule has 0 aromatic carbocycles. The van der Waals surface area contributed by atoms with E-state index in [4.69, 9.17) is 0 Å². The minimum atomic E-state index is 0.624. The Kier molecular flexibility index (Phi) is 3.41. The number of fused-ring (bicyclic) bond motifs is 1. The van der Waals surface area contributed by atoms with E-state index in [0.717, 1.165) is 28.6 Å². The van der Waals surface area contributed by atoms with Crippen LogP contribution >= 0.6 is 15.9 Å². The van der Waals surface area contributed by atoms with Gasteiger partial charge in [0.05, 0.1) is 11.2 Å². The van der Waals surface area contributed by atoms with Crippen LogP contribution in [-0.2, 0) is 0 Å². The molecule has 3 heterocycles. The molecule has 0 spiro atoms. The summed E-state index contributed by atoms with van der Waals surface area (Å²) in [6, 6.07) is 4.71. The lowest BCUT2D eigenvalue weighted by Gasteiger charge is -2.22. The Hall–Kier alpha value is -1.20. The molecule has 4 nitrogen and oxygen atoms in total. The largest absolute Gasteiger partial charge is 0.368 e. The van der Waals surface area contributed by atoms with Crippen LogP contribution in [0.1, 0.15) is 6.42 Å². The van der Waals surface area contributed by atoms with Crippen LogP contribution in [0.2, 0.25) is 0 Å². The molecule has 1 aliphatic rings. The Bertz CT molecular complexity index is 599. The summed E-state index contributed by atoms with van der Waals surface area (Å²) in [4.78, 5) is 13.6. The fraction of sp³-hybridized carbons (Fsp3) is 0.429. The molecular formula is C14H17BrN4. The summed E-state index contributed by atoms with van der Waals surface area (Å²) < 4.78 is 0.970. The van der Waals surface area contributed by atoms with Gasteiger partial charge in [-0.2, -0.15) is 0 Å². The van der Waals surface area contributed by atoms with Gasteiger partial charge in [0.1, 0.15) is 5.52 Å². The lowest BCUT2D eigenvalue weighted by molar-refractivity contribution is 0.315. The fourth-order valence-electron chi connectivity index (χ4n) is 2.63. The molecule has 0 amide bonds. The van der Waals surface area contributed by atoms with E-state index >= 15 is 0 Å². The molecule has 0 bridgehead atoms.